The number of hydrogen-bond acceptors (Lipinski definition) is 2. The second-order valence-corrected chi connectivity index (χ2v) is 4.86. The van der Waals surface area contributed by atoms with Gasteiger partial charge in [0.1, 0.15) is 0 Å². The van der Waals surface area contributed by atoms with Gasteiger partial charge in [-0.1, -0.05) is 12.1 Å². The molecular formula is C12H17N3. The van der Waals surface area contributed by atoms with Crippen molar-refractivity contribution in [1.82, 2.24) is 9.78 Å². The van der Waals surface area contributed by atoms with Crippen molar-refractivity contribution in [2.24, 2.45) is 7.05 Å². The Morgan fingerprint density at radius 1 is 1.20 bits per heavy atom. The number of benzene rings is 1. The Morgan fingerprint density at radius 2 is 1.87 bits per heavy atom. The molecule has 1 aromatic heterocycles. The Kier molecular flexibility index (Phi) is 2.18. The summed E-state index contributed by atoms with van der Waals surface area (Å²) >= 11 is 0. The zero-order chi connectivity index (χ0) is 11.1. The van der Waals surface area contributed by atoms with Crippen LogP contribution >= 0.6 is 0 Å². The summed E-state index contributed by atoms with van der Waals surface area (Å²) in [7, 11) is 1.97. The maximum Gasteiger partial charge on any atom is 0.156 e. The number of para-hydroxylation sites is 1. The van der Waals surface area contributed by atoms with Crippen LogP contribution in [0.3, 0.4) is 0 Å². The molecule has 3 nitrogen and oxygen atoms in total. The van der Waals surface area contributed by atoms with E-state index in [2.05, 4.69) is 43.3 Å². The van der Waals surface area contributed by atoms with E-state index >= 15 is 0 Å². The van der Waals surface area contributed by atoms with E-state index in [-0.39, 0.29) is 5.54 Å². The van der Waals surface area contributed by atoms with Crippen LogP contribution in [0.2, 0.25) is 0 Å². The van der Waals surface area contributed by atoms with Crippen LogP contribution in [0, 0.1) is 0 Å². The maximum absolute atomic E-state index is 4.48. The monoisotopic (exact) mass is 203 g/mol. The van der Waals surface area contributed by atoms with Gasteiger partial charge in [-0.2, -0.15) is 5.10 Å². The molecule has 0 radical (unpaired) electrons. The van der Waals surface area contributed by atoms with E-state index in [0.29, 0.717) is 0 Å². The molecule has 0 amide bonds. The Bertz CT molecular complexity index is 477. The highest BCUT2D eigenvalue weighted by Crippen LogP contribution is 2.24. The molecule has 0 atom stereocenters. The quantitative estimate of drug-likeness (QED) is 0.772. The zero-order valence-electron chi connectivity index (χ0n) is 9.70. The van der Waals surface area contributed by atoms with Gasteiger partial charge in [-0.3, -0.25) is 4.68 Å². The number of anilines is 1. The van der Waals surface area contributed by atoms with Crippen molar-refractivity contribution in [2.45, 2.75) is 26.3 Å². The Labute approximate surface area is 90.1 Å². The molecule has 0 bridgehead atoms. The molecule has 0 fully saturated rings. The fourth-order valence-corrected chi connectivity index (χ4v) is 1.66. The molecule has 1 heterocycles. The van der Waals surface area contributed by atoms with Crippen LogP contribution in [0.15, 0.2) is 24.3 Å². The number of fused-ring (bicyclic) bond motifs is 1. The molecule has 2 aromatic rings. The molecule has 0 aliphatic heterocycles. The Hall–Kier alpha value is -1.51. The first kappa shape index (κ1) is 10.0. The average Bonchev–Trinajstić information content (AvgIpc) is 2.42. The van der Waals surface area contributed by atoms with E-state index in [4.69, 9.17) is 0 Å². The van der Waals surface area contributed by atoms with Crippen molar-refractivity contribution in [3.8, 4) is 0 Å². The SMILES string of the molecule is Cn1nc(NC(C)(C)C)c2ccccc21. The van der Waals surface area contributed by atoms with Crippen LogP contribution in [0.4, 0.5) is 5.82 Å². The molecule has 15 heavy (non-hydrogen) atoms. The lowest BCUT2D eigenvalue weighted by molar-refractivity contribution is 0.627. The predicted octanol–water partition coefficient (Wildman–Crippen LogP) is 2.78. The second-order valence-electron chi connectivity index (χ2n) is 4.86. The van der Waals surface area contributed by atoms with E-state index in [0.717, 1.165) is 11.3 Å². The highest BCUT2D eigenvalue weighted by molar-refractivity contribution is 5.90. The van der Waals surface area contributed by atoms with Crippen molar-refractivity contribution in [3.05, 3.63) is 24.3 Å². The third-order valence-corrected chi connectivity index (χ3v) is 2.25. The molecule has 3 heteroatoms. The van der Waals surface area contributed by atoms with Crippen LogP contribution in [0.1, 0.15) is 20.8 Å². The maximum atomic E-state index is 4.48. The summed E-state index contributed by atoms with van der Waals surface area (Å²) in [4.78, 5) is 0. The lowest BCUT2D eigenvalue weighted by atomic mass is 10.1. The summed E-state index contributed by atoms with van der Waals surface area (Å²) in [5, 5.41) is 9.07. The smallest absolute Gasteiger partial charge is 0.156 e. The van der Waals surface area contributed by atoms with Crippen molar-refractivity contribution >= 4 is 16.7 Å². The van der Waals surface area contributed by atoms with Crippen LogP contribution in [-0.4, -0.2) is 15.3 Å². The molecule has 0 spiro atoms. The van der Waals surface area contributed by atoms with Gasteiger partial charge < -0.3 is 5.32 Å². The molecule has 80 valence electrons. The largest absolute Gasteiger partial charge is 0.363 e. The molecule has 0 saturated heterocycles. The standard InChI is InChI=1S/C12H17N3/c1-12(2,3)13-11-9-7-5-6-8-10(9)15(4)14-11/h5-8H,1-4H3,(H,13,14). The third kappa shape index (κ3) is 1.96. The lowest BCUT2D eigenvalue weighted by Gasteiger charge is -2.20. The van der Waals surface area contributed by atoms with E-state index < -0.39 is 0 Å². The van der Waals surface area contributed by atoms with Gasteiger partial charge in [0, 0.05) is 18.0 Å². The van der Waals surface area contributed by atoms with Gasteiger partial charge in [0.2, 0.25) is 0 Å². The first-order chi connectivity index (χ1) is 6.97. The number of hydrogen-bond donors (Lipinski definition) is 1. The van der Waals surface area contributed by atoms with Gasteiger partial charge in [-0.05, 0) is 32.9 Å². The molecule has 1 aromatic carbocycles. The predicted molar refractivity (Wildman–Crippen MR) is 64.1 cm³/mol. The Morgan fingerprint density at radius 3 is 2.53 bits per heavy atom. The van der Waals surface area contributed by atoms with E-state index in [1.54, 1.807) is 0 Å². The van der Waals surface area contributed by atoms with Crippen LogP contribution < -0.4 is 5.32 Å². The Balaban J connectivity index is 2.53. The molecule has 2 rings (SSSR count). The minimum absolute atomic E-state index is 0.0388. The van der Waals surface area contributed by atoms with Gasteiger partial charge in [-0.25, -0.2) is 0 Å². The average molecular weight is 203 g/mol. The third-order valence-electron chi connectivity index (χ3n) is 2.25. The summed E-state index contributed by atoms with van der Waals surface area (Å²) in [5.41, 5.74) is 1.20. The summed E-state index contributed by atoms with van der Waals surface area (Å²) < 4.78 is 1.91. The fourth-order valence-electron chi connectivity index (χ4n) is 1.66. The fraction of sp³-hybridized carbons (Fsp3) is 0.417. The molecule has 0 aliphatic carbocycles. The van der Waals surface area contributed by atoms with Gasteiger partial charge in [0.25, 0.3) is 0 Å². The highest BCUT2D eigenvalue weighted by Gasteiger charge is 2.14. The van der Waals surface area contributed by atoms with E-state index in [9.17, 15) is 0 Å². The van der Waals surface area contributed by atoms with Crippen LogP contribution in [0.5, 0.6) is 0 Å². The minimum Gasteiger partial charge on any atom is -0.363 e. The number of nitrogens with zero attached hydrogens (tertiary/aromatic N) is 2. The summed E-state index contributed by atoms with van der Waals surface area (Å²) in [6.45, 7) is 6.41. The number of aryl methyl sites for hydroxylation is 1. The van der Waals surface area contributed by atoms with Gasteiger partial charge in [-0.15, -0.1) is 0 Å². The van der Waals surface area contributed by atoms with E-state index in [1.807, 2.05) is 23.9 Å². The minimum atomic E-state index is 0.0388. The molecule has 0 saturated carbocycles. The highest BCUT2D eigenvalue weighted by atomic mass is 15.3. The van der Waals surface area contributed by atoms with Crippen LogP contribution in [-0.2, 0) is 7.05 Å². The van der Waals surface area contributed by atoms with Crippen molar-refractivity contribution < 1.29 is 0 Å². The first-order valence-corrected chi connectivity index (χ1v) is 5.17. The first-order valence-electron chi connectivity index (χ1n) is 5.17. The zero-order valence-corrected chi connectivity index (χ0v) is 9.70. The number of aromatic nitrogens is 2. The van der Waals surface area contributed by atoms with E-state index in [1.165, 1.54) is 5.39 Å². The van der Waals surface area contributed by atoms with Crippen LogP contribution in [0.25, 0.3) is 10.9 Å². The van der Waals surface area contributed by atoms with Crippen molar-refractivity contribution in [3.63, 3.8) is 0 Å². The number of rotatable bonds is 1. The topological polar surface area (TPSA) is 29.9 Å². The molecular weight excluding hydrogens is 186 g/mol. The van der Waals surface area contributed by atoms with Crippen molar-refractivity contribution in [1.29, 1.82) is 0 Å². The summed E-state index contributed by atoms with van der Waals surface area (Å²) in [6, 6.07) is 8.25. The van der Waals surface area contributed by atoms with Gasteiger partial charge in [0.15, 0.2) is 5.82 Å². The van der Waals surface area contributed by atoms with Gasteiger partial charge >= 0.3 is 0 Å². The summed E-state index contributed by atoms with van der Waals surface area (Å²) in [5.74, 6) is 0.959. The van der Waals surface area contributed by atoms with Gasteiger partial charge in [0.05, 0.1) is 5.52 Å². The molecule has 0 unspecified atom stereocenters. The van der Waals surface area contributed by atoms with Crippen molar-refractivity contribution in [2.75, 3.05) is 5.32 Å². The lowest BCUT2D eigenvalue weighted by Crippen LogP contribution is -2.26. The molecule has 1 N–H and O–H groups in total. The number of nitrogens with one attached hydrogen (secondary N) is 1. The normalized spacial score (nSPS) is 12.0. The molecule has 0 aliphatic rings. The summed E-state index contributed by atoms with van der Waals surface area (Å²) in [6.07, 6.45) is 0. The second kappa shape index (κ2) is 3.26.